The quantitative estimate of drug-likeness (QED) is 0.595. The number of methoxy groups -OCH3 is 1. The molecule has 2 rings (SSSR count). The van der Waals surface area contributed by atoms with Crippen molar-refractivity contribution in [3.63, 3.8) is 0 Å². The first kappa shape index (κ1) is 15.3. The molecule has 1 atom stereocenters. The summed E-state index contributed by atoms with van der Waals surface area (Å²) in [5.74, 6) is 7.48. The molecule has 1 fully saturated rings. The molecule has 0 amide bonds. The second-order valence-corrected chi connectivity index (χ2v) is 5.71. The Balaban J connectivity index is 2.01. The molecule has 20 heavy (non-hydrogen) atoms. The van der Waals surface area contributed by atoms with Gasteiger partial charge in [0.25, 0.3) is 0 Å². The van der Waals surface area contributed by atoms with E-state index < -0.39 is 0 Å². The Morgan fingerprint density at radius 2 is 2.20 bits per heavy atom. The molecular formula is C15H28N4O. The number of aromatic nitrogens is 2. The molecule has 3 N–H and O–H groups in total. The van der Waals surface area contributed by atoms with Crippen LogP contribution in [0.25, 0.3) is 0 Å². The van der Waals surface area contributed by atoms with Crippen LogP contribution in [-0.4, -0.2) is 16.9 Å². The fraction of sp³-hybridized carbons (Fsp3) is 0.800. The Bertz CT molecular complexity index is 377. The van der Waals surface area contributed by atoms with E-state index in [0.29, 0.717) is 0 Å². The molecule has 5 nitrogen and oxygen atoms in total. The minimum atomic E-state index is 0.120. The second kappa shape index (κ2) is 7.64. The zero-order valence-electron chi connectivity index (χ0n) is 12.8. The van der Waals surface area contributed by atoms with E-state index in [1.54, 1.807) is 13.3 Å². The second-order valence-electron chi connectivity index (χ2n) is 5.71. The van der Waals surface area contributed by atoms with Gasteiger partial charge in [0.2, 0.25) is 0 Å². The Morgan fingerprint density at radius 1 is 1.45 bits per heavy atom. The molecule has 1 aromatic rings. The Labute approximate surface area is 121 Å². The molecule has 1 saturated carbocycles. The number of rotatable bonds is 7. The summed E-state index contributed by atoms with van der Waals surface area (Å²) in [4.78, 5) is 0. The van der Waals surface area contributed by atoms with Crippen LogP contribution in [0, 0.1) is 5.92 Å². The van der Waals surface area contributed by atoms with Crippen LogP contribution in [0.5, 0.6) is 5.75 Å². The zero-order valence-corrected chi connectivity index (χ0v) is 12.8. The van der Waals surface area contributed by atoms with Gasteiger partial charge in [-0.1, -0.05) is 32.1 Å². The molecule has 114 valence electrons. The Morgan fingerprint density at radius 3 is 2.80 bits per heavy atom. The topological polar surface area (TPSA) is 65.1 Å². The number of nitrogens with two attached hydrogens (primary N) is 1. The first-order valence-corrected chi connectivity index (χ1v) is 7.86. The van der Waals surface area contributed by atoms with E-state index in [0.717, 1.165) is 30.3 Å². The van der Waals surface area contributed by atoms with Crippen LogP contribution in [0.1, 0.15) is 63.6 Å². The van der Waals surface area contributed by atoms with E-state index >= 15 is 0 Å². The monoisotopic (exact) mass is 280 g/mol. The summed E-state index contributed by atoms with van der Waals surface area (Å²) in [5.41, 5.74) is 4.03. The summed E-state index contributed by atoms with van der Waals surface area (Å²) in [7, 11) is 1.69. The lowest BCUT2D eigenvalue weighted by molar-refractivity contribution is 0.307. The van der Waals surface area contributed by atoms with E-state index in [2.05, 4.69) is 17.4 Å². The number of ether oxygens (including phenoxy) is 1. The summed E-state index contributed by atoms with van der Waals surface area (Å²) >= 11 is 0. The normalized spacial score (nSPS) is 18.1. The van der Waals surface area contributed by atoms with E-state index in [1.807, 2.05) is 4.68 Å². The maximum absolute atomic E-state index is 5.78. The van der Waals surface area contributed by atoms with Crippen LogP contribution in [0.3, 0.4) is 0 Å². The number of aryl methyl sites for hydroxylation is 1. The minimum Gasteiger partial charge on any atom is -0.493 e. The van der Waals surface area contributed by atoms with Crippen LogP contribution in [0.2, 0.25) is 0 Å². The molecule has 0 spiro atoms. The fourth-order valence-electron chi connectivity index (χ4n) is 3.32. The van der Waals surface area contributed by atoms with Gasteiger partial charge in [0.15, 0.2) is 5.75 Å². The van der Waals surface area contributed by atoms with Gasteiger partial charge in [-0.2, -0.15) is 5.10 Å². The number of hydrogen-bond donors (Lipinski definition) is 2. The van der Waals surface area contributed by atoms with Crippen molar-refractivity contribution < 1.29 is 4.74 Å². The minimum absolute atomic E-state index is 0.120. The van der Waals surface area contributed by atoms with Crippen LogP contribution in [-0.2, 0) is 6.54 Å². The summed E-state index contributed by atoms with van der Waals surface area (Å²) in [5, 5.41) is 4.37. The van der Waals surface area contributed by atoms with Gasteiger partial charge in [-0.05, 0) is 25.7 Å². The van der Waals surface area contributed by atoms with E-state index in [4.69, 9.17) is 10.6 Å². The van der Waals surface area contributed by atoms with Crippen molar-refractivity contribution in [2.24, 2.45) is 11.8 Å². The van der Waals surface area contributed by atoms with Crippen LogP contribution >= 0.6 is 0 Å². The lowest BCUT2D eigenvalue weighted by atomic mass is 9.85. The van der Waals surface area contributed by atoms with Crippen LogP contribution in [0.15, 0.2) is 6.20 Å². The van der Waals surface area contributed by atoms with Gasteiger partial charge >= 0.3 is 0 Å². The molecule has 1 aliphatic carbocycles. The van der Waals surface area contributed by atoms with Crippen molar-refractivity contribution in [1.82, 2.24) is 15.2 Å². The maximum Gasteiger partial charge on any atom is 0.161 e. The number of hydrazine groups is 1. The van der Waals surface area contributed by atoms with Crippen LogP contribution < -0.4 is 16.0 Å². The molecule has 0 aromatic carbocycles. The third-order valence-corrected chi connectivity index (χ3v) is 4.48. The molecular weight excluding hydrogens is 252 g/mol. The fourth-order valence-corrected chi connectivity index (χ4v) is 3.32. The smallest absolute Gasteiger partial charge is 0.161 e. The summed E-state index contributed by atoms with van der Waals surface area (Å²) in [6.45, 7) is 2.92. The van der Waals surface area contributed by atoms with Crippen molar-refractivity contribution in [1.29, 1.82) is 0 Å². The van der Waals surface area contributed by atoms with Gasteiger partial charge in [0, 0.05) is 6.54 Å². The van der Waals surface area contributed by atoms with E-state index in [-0.39, 0.29) is 6.04 Å². The third-order valence-electron chi connectivity index (χ3n) is 4.48. The third kappa shape index (κ3) is 3.52. The molecule has 5 heteroatoms. The molecule has 0 bridgehead atoms. The zero-order chi connectivity index (χ0) is 14.4. The Hall–Kier alpha value is -1.07. The van der Waals surface area contributed by atoms with Gasteiger partial charge < -0.3 is 4.74 Å². The molecule has 1 heterocycles. The molecule has 1 aliphatic rings. The number of nitrogens with one attached hydrogen (secondary N) is 1. The predicted molar refractivity (Wildman–Crippen MR) is 80.3 cm³/mol. The average Bonchev–Trinajstić information content (AvgIpc) is 2.92. The average molecular weight is 280 g/mol. The molecule has 0 radical (unpaired) electrons. The SMILES string of the molecule is CCn1ncc(OC)c1C(CCC1CCCCC1)NN. The maximum atomic E-state index is 5.78. The summed E-state index contributed by atoms with van der Waals surface area (Å²) in [6, 6.07) is 0.120. The number of hydrogen-bond acceptors (Lipinski definition) is 4. The summed E-state index contributed by atoms with van der Waals surface area (Å²) in [6.07, 6.45) is 11.0. The first-order valence-electron chi connectivity index (χ1n) is 7.86. The van der Waals surface area contributed by atoms with Gasteiger partial charge in [0.05, 0.1) is 25.0 Å². The largest absolute Gasteiger partial charge is 0.493 e. The highest BCUT2D eigenvalue weighted by Gasteiger charge is 2.22. The van der Waals surface area contributed by atoms with E-state index in [9.17, 15) is 0 Å². The van der Waals surface area contributed by atoms with Crippen LogP contribution in [0.4, 0.5) is 0 Å². The van der Waals surface area contributed by atoms with E-state index in [1.165, 1.54) is 38.5 Å². The predicted octanol–water partition coefficient (Wildman–Crippen LogP) is 2.78. The first-order chi connectivity index (χ1) is 9.80. The highest BCUT2D eigenvalue weighted by atomic mass is 16.5. The lowest BCUT2D eigenvalue weighted by Crippen LogP contribution is -2.30. The van der Waals surface area contributed by atoms with Crippen molar-refractivity contribution in [2.45, 2.75) is 64.5 Å². The summed E-state index contributed by atoms with van der Waals surface area (Å²) < 4.78 is 7.40. The van der Waals surface area contributed by atoms with Gasteiger partial charge in [-0.25, -0.2) is 0 Å². The highest BCUT2D eigenvalue weighted by molar-refractivity contribution is 5.28. The Kier molecular flexibility index (Phi) is 5.86. The van der Waals surface area contributed by atoms with Crippen molar-refractivity contribution in [3.8, 4) is 5.75 Å². The molecule has 0 saturated heterocycles. The van der Waals surface area contributed by atoms with Gasteiger partial charge in [-0.3, -0.25) is 16.0 Å². The van der Waals surface area contributed by atoms with Gasteiger partial charge in [-0.15, -0.1) is 0 Å². The number of nitrogens with zero attached hydrogens (tertiary/aromatic N) is 2. The molecule has 1 aromatic heterocycles. The van der Waals surface area contributed by atoms with Crippen molar-refractivity contribution in [2.75, 3.05) is 7.11 Å². The standard InChI is InChI=1S/C15H28N4O/c1-3-19-15(14(20-2)11-17-19)13(18-16)10-9-12-7-5-4-6-8-12/h11-13,18H,3-10,16H2,1-2H3. The molecule has 0 aliphatic heterocycles. The van der Waals surface area contributed by atoms with Gasteiger partial charge in [0.1, 0.15) is 0 Å². The highest BCUT2D eigenvalue weighted by Crippen LogP contribution is 2.32. The van der Waals surface area contributed by atoms with Crippen molar-refractivity contribution in [3.05, 3.63) is 11.9 Å². The molecule has 1 unspecified atom stereocenters. The van der Waals surface area contributed by atoms with Crippen molar-refractivity contribution >= 4 is 0 Å². The lowest BCUT2D eigenvalue weighted by Gasteiger charge is -2.24.